The van der Waals surface area contributed by atoms with Gasteiger partial charge in [-0.1, -0.05) is 0 Å². The average Bonchev–Trinajstić information content (AvgIpc) is 2.27. The summed E-state index contributed by atoms with van der Waals surface area (Å²) in [5, 5.41) is 0. The molecule has 7 heteroatoms. The van der Waals surface area contributed by atoms with Crippen LogP contribution in [-0.4, -0.2) is 30.2 Å². The summed E-state index contributed by atoms with van der Waals surface area (Å²) in [5.41, 5.74) is 0. The molecule has 2 aliphatic rings. The molecule has 13 heavy (non-hydrogen) atoms. The number of ether oxygens (including phenoxy) is 2. The van der Waals surface area contributed by atoms with E-state index < -0.39 is 45.6 Å². The fraction of sp³-hybridized carbons (Fsp3) is 0.333. The van der Waals surface area contributed by atoms with Crippen molar-refractivity contribution < 1.29 is 28.7 Å². The number of cyclic esters (lactones) is 4. The third-order valence-electron chi connectivity index (χ3n) is 1.52. The van der Waals surface area contributed by atoms with Crippen molar-refractivity contribution in [2.75, 3.05) is 4.43 Å². The number of rotatable bonds is 0. The maximum atomic E-state index is 11.0. The van der Waals surface area contributed by atoms with Gasteiger partial charge in [0.2, 0.25) is 0 Å². The molecule has 0 saturated carbocycles. The van der Waals surface area contributed by atoms with Gasteiger partial charge in [0.15, 0.2) is 0 Å². The van der Waals surface area contributed by atoms with E-state index in [0.29, 0.717) is 0 Å². The van der Waals surface area contributed by atoms with Gasteiger partial charge in [0.05, 0.1) is 0 Å². The summed E-state index contributed by atoms with van der Waals surface area (Å²) in [7, 11) is 0. The molecule has 0 aliphatic carbocycles. The number of hydrogen-bond donors (Lipinski definition) is 0. The van der Waals surface area contributed by atoms with E-state index in [0.717, 1.165) is 0 Å². The molecule has 0 N–H and O–H groups in total. The molecule has 2 heterocycles. The summed E-state index contributed by atoms with van der Waals surface area (Å²) < 4.78 is 6.65. The molecule has 70 valence electrons. The van der Waals surface area contributed by atoms with Gasteiger partial charge in [0.25, 0.3) is 0 Å². The second kappa shape index (κ2) is 2.76. The predicted molar refractivity (Wildman–Crippen MR) is 45.3 cm³/mol. The van der Waals surface area contributed by atoms with E-state index in [1.54, 1.807) is 0 Å². The van der Waals surface area contributed by atoms with Gasteiger partial charge >= 0.3 is 78.7 Å². The number of alkyl halides is 2. The molecule has 2 fully saturated rings. The van der Waals surface area contributed by atoms with Gasteiger partial charge in [-0.2, -0.15) is 0 Å². The summed E-state index contributed by atoms with van der Waals surface area (Å²) >= 11 is -2.57. The Labute approximate surface area is 78.9 Å². The molecule has 2 aliphatic heterocycles. The van der Waals surface area contributed by atoms with Crippen LogP contribution in [0.15, 0.2) is 0 Å². The van der Waals surface area contributed by atoms with Crippen LogP contribution in [0.1, 0.15) is 0 Å². The minimum absolute atomic E-state index is 0.106. The van der Waals surface area contributed by atoms with Crippen molar-refractivity contribution in [3.8, 4) is 0 Å². The minimum atomic E-state index is -2.57. The normalized spacial score (nSPS) is 29.8. The van der Waals surface area contributed by atoms with E-state index in [2.05, 4.69) is 9.47 Å². The molecule has 0 bridgehead atoms. The Morgan fingerprint density at radius 2 is 1.69 bits per heavy atom. The monoisotopic (exact) mass is 298 g/mol. The SMILES string of the molecule is O=C1CI2C(=O)OC(=O)C2C(=O)O1. The molecule has 0 aromatic heterocycles. The number of fused-ring (bicyclic) bond motifs is 1. The van der Waals surface area contributed by atoms with Crippen molar-refractivity contribution >= 4 is 41.7 Å². The van der Waals surface area contributed by atoms with Crippen molar-refractivity contribution in [1.29, 1.82) is 0 Å². The first-order valence-electron chi connectivity index (χ1n) is 3.24. The molecule has 0 spiro atoms. The molecule has 0 aromatic carbocycles. The number of hydrogen-bond acceptors (Lipinski definition) is 6. The van der Waals surface area contributed by atoms with Gasteiger partial charge in [0.1, 0.15) is 0 Å². The van der Waals surface area contributed by atoms with Crippen LogP contribution in [0.2, 0.25) is 0 Å². The van der Waals surface area contributed by atoms with Crippen LogP contribution in [0.5, 0.6) is 0 Å². The Hall–Kier alpha value is -0.990. The summed E-state index contributed by atoms with van der Waals surface area (Å²) in [6.07, 6.45) is 0. The van der Waals surface area contributed by atoms with Gasteiger partial charge in [-0.15, -0.1) is 0 Å². The molecular weight excluding hydrogens is 295 g/mol. The maximum absolute atomic E-state index is 11.0. The quantitative estimate of drug-likeness (QED) is 0.199. The van der Waals surface area contributed by atoms with Gasteiger partial charge in [-0.3, -0.25) is 0 Å². The first-order chi connectivity index (χ1) is 6.09. The van der Waals surface area contributed by atoms with Crippen molar-refractivity contribution in [3.63, 3.8) is 0 Å². The molecule has 0 aromatic rings. The Balaban J connectivity index is 2.34. The molecule has 0 radical (unpaired) electrons. The van der Waals surface area contributed by atoms with Crippen LogP contribution in [0, 0.1) is 0 Å². The van der Waals surface area contributed by atoms with Gasteiger partial charge in [-0.05, 0) is 0 Å². The molecular formula is C6H3IO6. The Bertz CT molecular complexity index is 334. The Morgan fingerprint density at radius 1 is 1.08 bits per heavy atom. The molecule has 0 amide bonds. The van der Waals surface area contributed by atoms with Gasteiger partial charge < -0.3 is 0 Å². The number of carbonyl (C=O) groups excluding carboxylic acids is 4. The van der Waals surface area contributed by atoms with E-state index >= 15 is 0 Å². The van der Waals surface area contributed by atoms with Crippen LogP contribution in [0.4, 0.5) is 4.79 Å². The van der Waals surface area contributed by atoms with E-state index in [9.17, 15) is 19.2 Å². The number of esters is 3. The molecule has 1 unspecified atom stereocenters. The zero-order valence-corrected chi connectivity index (χ0v) is 8.27. The van der Waals surface area contributed by atoms with Crippen LogP contribution < -0.4 is 0 Å². The number of carbonyl (C=O) groups is 4. The van der Waals surface area contributed by atoms with E-state index in [4.69, 9.17) is 0 Å². The first kappa shape index (κ1) is 8.60. The van der Waals surface area contributed by atoms with E-state index in [1.807, 2.05) is 0 Å². The average molecular weight is 298 g/mol. The first-order valence-corrected chi connectivity index (χ1v) is 7.09. The summed E-state index contributed by atoms with van der Waals surface area (Å²) in [5.74, 6) is -2.50. The van der Waals surface area contributed by atoms with Crippen molar-refractivity contribution in [1.82, 2.24) is 0 Å². The summed E-state index contributed by atoms with van der Waals surface area (Å²) in [6, 6.07) is 0. The standard InChI is InChI=1S/C6H3IO6/c8-2-1-7-3(4(9)12-2)5(10)13-6(7)11/h3H,1H2. The predicted octanol–water partition coefficient (Wildman–Crippen LogP) is -0.378. The third kappa shape index (κ3) is 1.23. The third-order valence-corrected chi connectivity index (χ3v) is 6.84. The summed E-state index contributed by atoms with van der Waals surface area (Å²) in [6.45, 7) is 0. The summed E-state index contributed by atoms with van der Waals surface area (Å²) in [4.78, 5) is 43.6. The van der Waals surface area contributed by atoms with Crippen molar-refractivity contribution in [2.45, 2.75) is 3.92 Å². The van der Waals surface area contributed by atoms with Crippen molar-refractivity contribution in [3.05, 3.63) is 0 Å². The van der Waals surface area contributed by atoms with Crippen LogP contribution in [-0.2, 0) is 23.9 Å². The van der Waals surface area contributed by atoms with Crippen LogP contribution in [0.3, 0.4) is 0 Å². The Morgan fingerprint density at radius 3 is 2.38 bits per heavy atom. The number of halogens is 1. The van der Waals surface area contributed by atoms with E-state index in [-0.39, 0.29) is 4.43 Å². The zero-order valence-electron chi connectivity index (χ0n) is 6.11. The zero-order chi connectivity index (χ0) is 9.59. The molecule has 2 saturated heterocycles. The second-order valence-corrected chi connectivity index (χ2v) is 7.50. The molecule has 2 rings (SSSR count). The van der Waals surface area contributed by atoms with E-state index in [1.165, 1.54) is 0 Å². The fourth-order valence-corrected chi connectivity index (χ4v) is 5.09. The Kier molecular flexibility index (Phi) is 1.82. The topological polar surface area (TPSA) is 86.7 Å². The van der Waals surface area contributed by atoms with Gasteiger partial charge in [-0.25, -0.2) is 0 Å². The molecule has 1 atom stereocenters. The van der Waals surface area contributed by atoms with Crippen molar-refractivity contribution in [2.24, 2.45) is 0 Å². The van der Waals surface area contributed by atoms with Crippen LogP contribution >= 0.6 is 19.8 Å². The fourth-order valence-electron chi connectivity index (χ4n) is 1.02. The van der Waals surface area contributed by atoms with Gasteiger partial charge in [0, 0.05) is 0 Å². The van der Waals surface area contributed by atoms with Crippen LogP contribution in [0.25, 0.3) is 0 Å². The molecule has 6 nitrogen and oxygen atoms in total. The second-order valence-electron chi connectivity index (χ2n) is 2.35.